The van der Waals surface area contributed by atoms with E-state index in [1.54, 1.807) is 35.0 Å². The van der Waals surface area contributed by atoms with Crippen LogP contribution in [0.5, 0.6) is 0 Å². The van der Waals surface area contributed by atoms with Crippen LogP contribution in [-0.4, -0.2) is 43.1 Å². The molecule has 2 heterocycles. The zero-order chi connectivity index (χ0) is 12.5. The lowest BCUT2D eigenvalue weighted by molar-refractivity contribution is 0.584. The lowest BCUT2D eigenvalue weighted by Gasteiger charge is -2.35. The quantitative estimate of drug-likeness (QED) is 0.850. The highest BCUT2D eigenvalue weighted by molar-refractivity contribution is 8.01. The van der Waals surface area contributed by atoms with E-state index in [0.29, 0.717) is 23.8 Å². The van der Waals surface area contributed by atoms with Crippen LogP contribution < -0.4 is 10.6 Å². The highest BCUT2D eigenvalue weighted by atomic mass is 32.2. The topological polar surface area (TPSA) is 76.3 Å². The number of nitrogens with two attached hydrogens (primary N) is 1. The number of hydrogen-bond donors (Lipinski definition) is 1. The Labute approximate surface area is 105 Å². The molecule has 1 atom stereocenters. The molecule has 0 aliphatic carbocycles. The van der Waals surface area contributed by atoms with Crippen molar-refractivity contribution in [1.29, 1.82) is 0 Å². The SMILES string of the molecule is CS(=O)(=O)C1CSCCN1c1ncccc1N. The van der Waals surface area contributed by atoms with E-state index in [0.717, 1.165) is 5.75 Å². The normalized spacial score (nSPS) is 21.5. The first kappa shape index (κ1) is 12.5. The fourth-order valence-electron chi connectivity index (χ4n) is 1.83. The van der Waals surface area contributed by atoms with Gasteiger partial charge in [0.15, 0.2) is 15.7 Å². The van der Waals surface area contributed by atoms with Crippen LogP contribution in [0.2, 0.25) is 0 Å². The highest BCUT2D eigenvalue weighted by Gasteiger charge is 2.32. The monoisotopic (exact) mass is 273 g/mol. The third-order valence-electron chi connectivity index (χ3n) is 2.67. The number of sulfone groups is 1. The van der Waals surface area contributed by atoms with E-state index in [-0.39, 0.29) is 0 Å². The Morgan fingerprint density at radius 1 is 1.59 bits per heavy atom. The van der Waals surface area contributed by atoms with Crippen molar-refractivity contribution in [2.75, 3.05) is 34.9 Å². The van der Waals surface area contributed by atoms with Gasteiger partial charge in [-0.05, 0) is 12.1 Å². The van der Waals surface area contributed by atoms with Crippen molar-refractivity contribution >= 4 is 33.1 Å². The van der Waals surface area contributed by atoms with Gasteiger partial charge in [0, 0.05) is 30.5 Å². The lowest BCUT2D eigenvalue weighted by Crippen LogP contribution is -2.47. The Hall–Kier alpha value is -0.950. The smallest absolute Gasteiger partial charge is 0.169 e. The number of hydrogen-bond acceptors (Lipinski definition) is 6. The summed E-state index contributed by atoms with van der Waals surface area (Å²) >= 11 is 1.64. The maximum Gasteiger partial charge on any atom is 0.169 e. The maximum atomic E-state index is 11.8. The van der Waals surface area contributed by atoms with Gasteiger partial charge in [-0.25, -0.2) is 13.4 Å². The van der Waals surface area contributed by atoms with E-state index in [2.05, 4.69) is 4.98 Å². The minimum absolute atomic E-state index is 0.521. The average Bonchev–Trinajstić information content (AvgIpc) is 2.28. The standard InChI is InChI=1S/C10H15N3O2S2/c1-17(14,15)9-7-16-6-5-13(9)10-8(11)3-2-4-12-10/h2-4,9H,5-7,11H2,1H3. The van der Waals surface area contributed by atoms with Crippen molar-refractivity contribution in [1.82, 2.24) is 4.98 Å². The third-order valence-corrected chi connectivity index (χ3v) is 5.31. The molecule has 1 aliphatic heterocycles. The number of aromatic nitrogens is 1. The summed E-state index contributed by atoms with van der Waals surface area (Å²) in [4.78, 5) is 5.99. The summed E-state index contributed by atoms with van der Waals surface area (Å²) in [5.41, 5.74) is 6.37. The van der Waals surface area contributed by atoms with Gasteiger partial charge >= 0.3 is 0 Å². The molecule has 17 heavy (non-hydrogen) atoms. The van der Waals surface area contributed by atoms with E-state index < -0.39 is 15.2 Å². The van der Waals surface area contributed by atoms with Gasteiger partial charge in [0.2, 0.25) is 0 Å². The number of nitrogens with zero attached hydrogens (tertiary/aromatic N) is 2. The Bertz CT molecular complexity index is 504. The molecule has 1 aromatic heterocycles. The molecule has 5 nitrogen and oxygen atoms in total. The van der Waals surface area contributed by atoms with Gasteiger partial charge in [0.25, 0.3) is 0 Å². The van der Waals surface area contributed by atoms with Crippen LogP contribution in [0.1, 0.15) is 0 Å². The van der Waals surface area contributed by atoms with E-state index in [1.807, 2.05) is 0 Å². The molecule has 0 amide bonds. The molecule has 0 radical (unpaired) electrons. The van der Waals surface area contributed by atoms with Crippen LogP contribution in [-0.2, 0) is 9.84 Å². The largest absolute Gasteiger partial charge is 0.396 e. The second-order valence-corrected chi connectivity index (χ2v) is 7.32. The van der Waals surface area contributed by atoms with Crippen molar-refractivity contribution in [3.8, 4) is 0 Å². The Balaban J connectivity index is 2.38. The highest BCUT2D eigenvalue weighted by Crippen LogP contribution is 2.28. The molecule has 0 bridgehead atoms. The minimum Gasteiger partial charge on any atom is -0.396 e. The fraction of sp³-hybridized carbons (Fsp3) is 0.500. The first-order valence-electron chi connectivity index (χ1n) is 5.24. The average molecular weight is 273 g/mol. The van der Waals surface area contributed by atoms with Gasteiger partial charge in [-0.15, -0.1) is 0 Å². The molecule has 94 valence electrons. The Morgan fingerprint density at radius 3 is 3.00 bits per heavy atom. The summed E-state index contributed by atoms with van der Waals surface area (Å²) in [5, 5.41) is -0.529. The second-order valence-electron chi connectivity index (χ2n) is 3.97. The molecule has 1 fully saturated rings. The molecule has 1 aliphatic rings. The summed E-state index contributed by atoms with van der Waals surface area (Å²) in [6.45, 7) is 0.656. The molecular formula is C10H15N3O2S2. The molecule has 0 saturated carbocycles. The van der Waals surface area contributed by atoms with E-state index in [1.165, 1.54) is 6.26 Å². The van der Waals surface area contributed by atoms with E-state index in [4.69, 9.17) is 5.73 Å². The van der Waals surface area contributed by atoms with Gasteiger partial charge in [-0.1, -0.05) is 0 Å². The summed E-state index contributed by atoms with van der Waals surface area (Å²) in [7, 11) is -3.13. The number of rotatable bonds is 2. The van der Waals surface area contributed by atoms with Crippen molar-refractivity contribution < 1.29 is 8.42 Å². The van der Waals surface area contributed by atoms with Crippen molar-refractivity contribution in [2.45, 2.75) is 5.37 Å². The van der Waals surface area contributed by atoms with Gasteiger partial charge < -0.3 is 10.6 Å². The van der Waals surface area contributed by atoms with Crippen molar-refractivity contribution in [2.24, 2.45) is 0 Å². The molecular weight excluding hydrogens is 258 g/mol. The minimum atomic E-state index is -3.13. The van der Waals surface area contributed by atoms with Crippen LogP contribution in [0.25, 0.3) is 0 Å². The number of nitrogen functional groups attached to an aromatic ring is 1. The van der Waals surface area contributed by atoms with Crippen LogP contribution in [0.3, 0.4) is 0 Å². The van der Waals surface area contributed by atoms with E-state index >= 15 is 0 Å². The predicted molar refractivity (Wildman–Crippen MR) is 72.0 cm³/mol. The molecule has 7 heteroatoms. The summed E-state index contributed by atoms with van der Waals surface area (Å²) in [6, 6.07) is 3.48. The van der Waals surface area contributed by atoms with Gasteiger partial charge in [-0.2, -0.15) is 11.8 Å². The van der Waals surface area contributed by atoms with E-state index in [9.17, 15) is 8.42 Å². The molecule has 1 aromatic rings. The molecule has 1 unspecified atom stereocenters. The summed E-state index contributed by atoms with van der Waals surface area (Å²) in [5.74, 6) is 2.03. The zero-order valence-corrected chi connectivity index (χ0v) is 11.2. The number of thioether (sulfide) groups is 1. The first-order chi connectivity index (χ1) is 8.00. The van der Waals surface area contributed by atoms with Gasteiger partial charge in [0.1, 0.15) is 5.37 Å². The lowest BCUT2D eigenvalue weighted by atomic mass is 10.3. The van der Waals surface area contributed by atoms with Crippen LogP contribution in [0, 0.1) is 0 Å². The van der Waals surface area contributed by atoms with Crippen molar-refractivity contribution in [3.63, 3.8) is 0 Å². The van der Waals surface area contributed by atoms with Gasteiger partial charge in [0.05, 0.1) is 5.69 Å². The number of anilines is 2. The fourth-order valence-corrected chi connectivity index (χ4v) is 4.65. The molecule has 2 rings (SSSR count). The van der Waals surface area contributed by atoms with Crippen molar-refractivity contribution in [3.05, 3.63) is 18.3 Å². The molecule has 0 aromatic carbocycles. The third kappa shape index (κ3) is 2.66. The maximum absolute atomic E-state index is 11.8. The van der Waals surface area contributed by atoms with Crippen LogP contribution in [0.15, 0.2) is 18.3 Å². The predicted octanol–water partition coefficient (Wildman–Crippen LogP) is 0.588. The molecule has 2 N–H and O–H groups in total. The number of pyridine rings is 1. The van der Waals surface area contributed by atoms with Crippen LogP contribution >= 0.6 is 11.8 Å². The Morgan fingerprint density at radius 2 is 2.35 bits per heavy atom. The summed E-state index contributed by atoms with van der Waals surface area (Å²) in [6.07, 6.45) is 2.89. The Kier molecular flexibility index (Phi) is 3.48. The first-order valence-corrected chi connectivity index (χ1v) is 8.35. The molecule has 0 spiro atoms. The van der Waals surface area contributed by atoms with Gasteiger partial charge in [-0.3, -0.25) is 0 Å². The second kappa shape index (κ2) is 4.73. The van der Waals surface area contributed by atoms with Crippen LogP contribution in [0.4, 0.5) is 11.5 Å². The molecule has 1 saturated heterocycles. The zero-order valence-electron chi connectivity index (χ0n) is 9.54. The summed E-state index contributed by atoms with van der Waals surface area (Å²) < 4.78 is 23.5.